The van der Waals surface area contributed by atoms with Crippen LogP contribution >= 0.6 is 11.3 Å². The van der Waals surface area contributed by atoms with Gasteiger partial charge in [-0.1, -0.05) is 72.2 Å². The summed E-state index contributed by atoms with van der Waals surface area (Å²) in [4.78, 5) is 14.4. The van der Waals surface area contributed by atoms with Crippen LogP contribution in [-0.2, 0) is 18.3 Å². The SMILES string of the molecule is CCC(C)(C)C1CCc2c(sc3c2C(=O)NC(c2ccc(C(C)(C)C)cc2)N3)C1. The van der Waals surface area contributed by atoms with E-state index in [1.54, 1.807) is 11.3 Å². The van der Waals surface area contributed by atoms with Gasteiger partial charge in [-0.2, -0.15) is 0 Å². The van der Waals surface area contributed by atoms with E-state index in [4.69, 9.17) is 0 Å². The van der Waals surface area contributed by atoms with E-state index >= 15 is 0 Å². The zero-order valence-electron chi connectivity index (χ0n) is 18.6. The molecule has 2 N–H and O–H groups in total. The highest BCUT2D eigenvalue weighted by molar-refractivity contribution is 7.16. The number of thiophene rings is 1. The van der Waals surface area contributed by atoms with Gasteiger partial charge in [-0.05, 0) is 52.7 Å². The molecule has 2 unspecified atom stereocenters. The molecule has 2 heterocycles. The van der Waals surface area contributed by atoms with Gasteiger partial charge in [0.2, 0.25) is 0 Å². The van der Waals surface area contributed by atoms with Crippen molar-refractivity contribution in [1.82, 2.24) is 5.32 Å². The van der Waals surface area contributed by atoms with E-state index in [1.807, 2.05) is 0 Å². The van der Waals surface area contributed by atoms with Crippen molar-refractivity contribution in [2.24, 2.45) is 11.3 Å². The molecule has 4 rings (SSSR count). The molecule has 0 saturated heterocycles. The Bertz CT molecular complexity index is 918. The van der Waals surface area contributed by atoms with Crippen LogP contribution in [0.3, 0.4) is 0 Å². The molecule has 3 nitrogen and oxygen atoms in total. The van der Waals surface area contributed by atoms with Crippen molar-refractivity contribution in [2.45, 2.75) is 78.8 Å². The molecule has 1 aliphatic carbocycles. The predicted octanol–water partition coefficient (Wildman–Crippen LogP) is 6.44. The summed E-state index contributed by atoms with van der Waals surface area (Å²) in [6.07, 6.45) is 4.35. The summed E-state index contributed by atoms with van der Waals surface area (Å²) in [6.45, 7) is 13.7. The van der Waals surface area contributed by atoms with Gasteiger partial charge < -0.3 is 10.6 Å². The van der Waals surface area contributed by atoms with Crippen molar-refractivity contribution in [2.75, 3.05) is 5.32 Å². The van der Waals surface area contributed by atoms with Crippen LogP contribution in [-0.4, -0.2) is 5.91 Å². The summed E-state index contributed by atoms with van der Waals surface area (Å²) in [6, 6.07) is 8.62. The number of hydrogen-bond acceptors (Lipinski definition) is 3. The van der Waals surface area contributed by atoms with Gasteiger partial charge in [0.25, 0.3) is 5.91 Å². The summed E-state index contributed by atoms with van der Waals surface area (Å²) in [7, 11) is 0. The average Bonchev–Trinajstić information content (AvgIpc) is 3.05. The van der Waals surface area contributed by atoms with Crippen LogP contribution in [0.4, 0.5) is 5.00 Å². The molecule has 0 spiro atoms. The second-order valence-electron chi connectivity index (χ2n) is 10.4. The zero-order chi connectivity index (χ0) is 21.0. The second kappa shape index (κ2) is 7.16. The lowest BCUT2D eigenvalue weighted by molar-refractivity contribution is 0.0934. The molecule has 0 radical (unpaired) electrons. The van der Waals surface area contributed by atoms with Crippen LogP contribution in [0.15, 0.2) is 24.3 Å². The molecule has 4 heteroatoms. The van der Waals surface area contributed by atoms with E-state index in [2.05, 4.69) is 76.4 Å². The standard InChI is InChI=1S/C25H34N2OS/c1-7-25(5,6)17-12-13-18-19(14-17)29-23-20(18)22(28)26-21(27-23)15-8-10-16(11-9-15)24(2,3)4/h8-11,17,21,27H,7,12-14H2,1-6H3,(H,26,28). The summed E-state index contributed by atoms with van der Waals surface area (Å²) >= 11 is 1.81. The number of hydrogen-bond donors (Lipinski definition) is 2. The van der Waals surface area contributed by atoms with Gasteiger partial charge in [0.1, 0.15) is 11.2 Å². The van der Waals surface area contributed by atoms with E-state index in [0.29, 0.717) is 11.3 Å². The van der Waals surface area contributed by atoms with Crippen LogP contribution in [0.25, 0.3) is 0 Å². The molecule has 0 fully saturated rings. The Kier molecular flexibility index (Phi) is 5.05. The fraction of sp³-hybridized carbons (Fsp3) is 0.560. The van der Waals surface area contributed by atoms with Gasteiger partial charge >= 0.3 is 0 Å². The maximum atomic E-state index is 13.0. The lowest BCUT2D eigenvalue weighted by Crippen LogP contribution is -2.38. The highest BCUT2D eigenvalue weighted by Crippen LogP contribution is 2.47. The van der Waals surface area contributed by atoms with Crippen molar-refractivity contribution in [3.05, 3.63) is 51.4 Å². The number of fused-ring (bicyclic) bond motifs is 3. The number of carbonyl (C=O) groups excluding carboxylic acids is 1. The van der Waals surface area contributed by atoms with E-state index in [1.165, 1.54) is 28.8 Å². The highest BCUT2D eigenvalue weighted by atomic mass is 32.1. The Morgan fingerprint density at radius 2 is 1.76 bits per heavy atom. The minimum Gasteiger partial charge on any atom is -0.353 e. The molecule has 156 valence electrons. The number of carbonyl (C=O) groups is 1. The van der Waals surface area contributed by atoms with Crippen molar-refractivity contribution in [3.8, 4) is 0 Å². The van der Waals surface area contributed by atoms with Crippen molar-refractivity contribution in [1.29, 1.82) is 0 Å². The summed E-state index contributed by atoms with van der Waals surface area (Å²) in [5.41, 5.74) is 5.09. The molecule has 1 aliphatic heterocycles. The Labute approximate surface area is 179 Å². The number of amides is 1. The summed E-state index contributed by atoms with van der Waals surface area (Å²) < 4.78 is 0. The van der Waals surface area contributed by atoms with Crippen molar-refractivity contribution in [3.63, 3.8) is 0 Å². The molecule has 2 aromatic rings. The van der Waals surface area contributed by atoms with E-state index in [-0.39, 0.29) is 17.5 Å². The minimum atomic E-state index is -0.160. The van der Waals surface area contributed by atoms with Gasteiger partial charge in [0.15, 0.2) is 0 Å². The monoisotopic (exact) mass is 410 g/mol. The van der Waals surface area contributed by atoms with Crippen LogP contribution in [0, 0.1) is 11.3 Å². The average molecular weight is 411 g/mol. The first-order valence-corrected chi connectivity index (χ1v) is 11.7. The second-order valence-corrected chi connectivity index (χ2v) is 11.5. The Balaban J connectivity index is 1.59. The third kappa shape index (κ3) is 3.72. The predicted molar refractivity (Wildman–Crippen MR) is 123 cm³/mol. The van der Waals surface area contributed by atoms with Gasteiger partial charge in [0, 0.05) is 4.88 Å². The highest BCUT2D eigenvalue weighted by Gasteiger charge is 2.37. The largest absolute Gasteiger partial charge is 0.353 e. The molecule has 2 aliphatic rings. The van der Waals surface area contributed by atoms with Gasteiger partial charge in [-0.25, -0.2) is 0 Å². The fourth-order valence-electron chi connectivity index (χ4n) is 4.60. The Morgan fingerprint density at radius 3 is 2.38 bits per heavy atom. The van der Waals surface area contributed by atoms with E-state index < -0.39 is 0 Å². The third-order valence-electron chi connectivity index (χ3n) is 7.17. The maximum Gasteiger partial charge on any atom is 0.256 e. The van der Waals surface area contributed by atoms with Gasteiger partial charge in [-0.15, -0.1) is 11.3 Å². The Hall–Kier alpha value is -1.81. The molecule has 1 amide bonds. The number of benzene rings is 1. The smallest absolute Gasteiger partial charge is 0.256 e. The van der Waals surface area contributed by atoms with Crippen LogP contribution in [0.1, 0.15) is 92.5 Å². The number of rotatable bonds is 3. The molecule has 1 aromatic heterocycles. The van der Waals surface area contributed by atoms with Crippen LogP contribution in [0.2, 0.25) is 0 Å². The van der Waals surface area contributed by atoms with E-state index in [9.17, 15) is 4.79 Å². The fourth-order valence-corrected chi connectivity index (χ4v) is 5.95. The molecular formula is C25H34N2OS. The third-order valence-corrected chi connectivity index (χ3v) is 8.36. The lowest BCUT2D eigenvalue weighted by Gasteiger charge is -2.36. The lowest BCUT2D eigenvalue weighted by atomic mass is 9.69. The first-order chi connectivity index (χ1) is 13.6. The maximum absolute atomic E-state index is 13.0. The number of nitrogens with one attached hydrogen (secondary N) is 2. The van der Waals surface area contributed by atoms with Gasteiger partial charge in [-0.3, -0.25) is 4.79 Å². The molecule has 0 saturated carbocycles. The van der Waals surface area contributed by atoms with Crippen molar-refractivity contribution < 1.29 is 4.79 Å². The molecule has 2 atom stereocenters. The molecule has 0 bridgehead atoms. The molecule has 29 heavy (non-hydrogen) atoms. The minimum absolute atomic E-state index is 0.0781. The Morgan fingerprint density at radius 1 is 1.07 bits per heavy atom. The zero-order valence-corrected chi connectivity index (χ0v) is 19.4. The summed E-state index contributed by atoms with van der Waals surface area (Å²) in [5.74, 6) is 0.776. The first kappa shape index (κ1) is 20.5. The normalized spacial score (nSPS) is 21.8. The van der Waals surface area contributed by atoms with Crippen molar-refractivity contribution >= 4 is 22.2 Å². The topological polar surface area (TPSA) is 41.1 Å². The van der Waals surface area contributed by atoms with E-state index in [0.717, 1.165) is 29.0 Å². The van der Waals surface area contributed by atoms with Crippen LogP contribution in [0.5, 0.6) is 0 Å². The molecular weight excluding hydrogens is 376 g/mol. The molecule has 1 aromatic carbocycles. The van der Waals surface area contributed by atoms with Gasteiger partial charge in [0.05, 0.1) is 5.56 Å². The van der Waals surface area contributed by atoms with Crippen LogP contribution < -0.4 is 10.6 Å². The number of anilines is 1. The first-order valence-electron chi connectivity index (χ1n) is 10.9. The quantitative estimate of drug-likeness (QED) is 0.611. The summed E-state index contributed by atoms with van der Waals surface area (Å²) in [5, 5.41) is 7.86.